The predicted molar refractivity (Wildman–Crippen MR) is 73.4 cm³/mol. The maximum Gasteiger partial charge on any atom is 0.410 e. The second-order valence-corrected chi connectivity index (χ2v) is 6.32. The average Bonchev–Trinajstić information content (AvgIpc) is 2.90. The van der Waals surface area contributed by atoms with Crippen LogP contribution in [0.1, 0.15) is 33.6 Å². The zero-order chi connectivity index (χ0) is 14.8. The Morgan fingerprint density at radius 2 is 1.75 bits per heavy atom. The highest BCUT2D eigenvalue weighted by atomic mass is 16.6. The molecule has 0 saturated carbocycles. The summed E-state index contributed by atoms with van der Waals surface area (Å²) in [5.74, 6) is -0.00393. The lowest BCUT2D eigenvalue weighted by molar-refractivity contribution is -0.147. The fraction of sp³-hybridized carbons (Fsp3) is 0.857. The van der Waals surface area contributed by atoms with Crippen molar-refractivity contribution in [3.8, 4) is 0 Å². The first kappa shape index (κ1) is 15.1. The number of likely N-dealkylation sites (tertiary alicyclic amines) is 1. The Kier molecular flexibility index (Phi) is 4.52. The summed E-state index contributed by atoms with van der Waals surface area (Å²) in [5, 5.41) is 0. The highest BCUT2D eigenvalue weighted by Crippen LogP contribution is 2.16. The van der Waals surface area contributed by atoms with Crippen molar-refractivity contribution >= 4 is 12.0 Å². The molecule has 20 heavy (non-hydrogen) atoms. The highest BCUT2D eigenvalue weighted by Gasteiger charge is 2.34. The summed E-state index contributed by atoms with van der Waals surface area (Å²) < 4.78 is 10.9. The Bertz CT molecular complexity index is 372. The summed E-state index contributed by atoms with van der Waals surface area (Å²) in [5.41, 5.74) is -0.524. The van der Waals surface area contributed by atoms with Crippen molar-refractivity contribution in [1.82, 2.24) is 9.80 Å². The Balaban J connectivity index is 1.91. The quantitative estimate of drug-likeness (QED) is 0.727. The van der Waals surface area contributed by atoms with Crippen LogP contribution >= 0.6 is 0 Å². The molecule has 2 aliphatic heterocycles. The fourth-order valence-corrected chi connectivity index (χ4v) is 2.43. The molecule has 0 N–H and O–H groups in total. The predicted octanol–water partition coefficient (Wildman–Crippen LogP) is 1.24. The Morgan fingerprint density at radius 3 is 2.35 bits per heavy atom. The number of nitrogens with zero attached hydrogens (tertiary/aromatic N) is 2. The molecule has 0 spiro atoms. The van der Waals surface area contributed by atoms with E-state index in [1.807, 2.05) is 25.7 Å². The lowest BCUT2D eigenvalue weighted by Gasteiger charge is -2.34. The zero-order valence-corrected chi connectivity index (χ0v) is 12.6. The summed E-state index contributed by atoms with van der Waals surface area (Å²) in [4.78, 5) is 27.7. The molecule has 2 rings (SSSR count). The van der Waals surface area contributed by atoms with Gasteiger partial charge in [-0.1, -0.05) is 0 Å². The van der Waals surface area contributed by atoms with Crippen LogP contribution < -0.4 is 0 Å². The molecule has 1 unspecified atom stereocenters. The molecule has 0 aromatic heterocycles. The third-order valence-corrected chi connectivity index (χ3v) is 3.41. The van der Waals surface area contributed by atoms with Gasteiger partial charge in [0.1, 0.15) is 5.60 Å². The van der Waals surface area contributed by atoms with E-state index < -0.39 is 11.7 Å². The van der Waals surface area contributed by atoms with Gasteiger partial charge in [0.2, 0.25) is 0 Å². The average molecular weight is 284 g/mol. The van der Waals surface area contributed by atoms with E-state index >= 15 is 0 Å². The summed E-state index contributed by atoms with van der Waals surface area (Å²) in [6.45, 7) is 8.22. The van der Waals surface area contributed by atoms with Crippen LogP contribution in [0.5, 0.6) is 0 Å². The lowest BCUT2D eigenvalue weighted by Crippen LogP contribution is -2.53. The van der Waals surface area contributed by atoms with Gasteiger partial charge in [0.25, 0.3) is 5.91 Å². The van der Waals surface area contributed by atoms with Gasteiger partial charge in [-0.25, -0.2) is 4.79 Å². The molecule has 0 bridgehead atoms. The molecular weight excluding hydrogens is 260 g/mol. The van der Waals surface area contributed by atoms with Crippen LogP contribution in [0, 0.1) is 0 Å². The zero-order valence-electron chi connectivity index (χ0n) is 12.6. The van der Waals surface area contributed by atoms with E-state index in [4.69, 9.17) is 9.47 Å². The maximum absolute atomic E-state index is 12.3. The number of ether oxygens (including phenoxy) is 2. The van der Waals surface area contributed by atoms with Crippen LogP contribution in [-0.4, -0.2) is 66.3 Å². The van der Waals surface area contributed by atoms with Crippen LogP contribution in [0.25, 0.3) is 0 Å². The van der Waals surface area contributed by atoms with E-state index in [-0.39, 0.29) is 18.5 Å². The van der Waals surface area contributed by atoms with Crippen molar-refractivity contribution < 1.29 is 19.1 Å². The first-order chi connectivity index (χ1) is 9.37. The number of rotatable bonds is 1. The van der Waals surface area contributed by atoms with E-state index in [0.29, 0.717) is 13.2 Å². The summed E-state index contributed by atoms with van der Waals surface area (Å²) >= 11 is 0. The van der Waals surface area contributed by atoms with E-state index in [2.05, 4.69) is 0 Å². The molecule has 114 valence electrons. The molecule has 2 saturated heterocycles. The van der Waals surface area contributed by atoms with E-state index in [9.17, 15) is 9.59 Å². The second-order valence-electron chi connectivity index (χ2n) is 6.32. The minimum atomic E-state index is -0.547. The molecule has 0 aromatic rings. The van der Waals surface area contributed by atoms with Crippen LogP contribution in [-0.2, 0) is 14.3 Å². The molecule has 0 radical (unpaired) electrons. The van der Waals surface area contributed by atoms with Crippen molar-refractivity contribution in [2.75, 3.05) is 32.8 Å². The van der Waals surface area contributed by atoms with E-state index in [1.165, 1.54) is 0 Å². The summed E-state index contributed by atoms with van der Waals surface area (Å²) in [6.07, 6.45) is 1.18. The van der Waals surface area contributed by atoms with Crippen molar-refractivity contribution in [3.05, 3.63) is 0 Å². The topological polar surface area (TPSA) is 59.1 Å². The Hall–Kier alpha value is -1.30. The Morgan fingerprint density at radius 1 is 1.10 bits per heavy atom. The SMILES string of the molecule is CC(C)(C)OC(=O)N1CCOC(C(=O)N2CCCC2)C1. The van der Waals surface area contributed by atoms with Crippen LogP contribution in [0.4, 0.5) is 4.79 Å². The molecule has 2 amide bonds. The van der Waals surface area contributed by atoms with E-state index in [0.717, 1.165) is 25.9 Å². The van der Waals surface area contributed by atoms with Gasteiger partial charge in [0.05, 0.1) is 13.2 Å². The van der Waals surface area contributed by atoms with Crippen LogP contribution in [0.2, 0.25) is 0 Å². The third-order valence-electron chi connectivity index (χ3n) is 3.41. The van der Waals surface area contributed by atoms with Gasteiger partial charge >= 0.3 is 6.09 Å². The number of carbonyl (C=O) groups excluding carboxylic acids is 2. The van der Waals surface area contributed by atoms with Gasteiger partial charge in [0, 0.05) is 19.6 Å². The number of hydrogen-bond acceptors (Lipinski definition) is 4. The number of hydrogen-bond donors (Lipinski definition) is 0. The first-order valence-corrected chi connectivity index (χ1v) is 7.25. The number of morpholine rings is 1. The van der Waals surface area contributed by atoms with Gasteiger partial charge in [-0.3, -0.25) is 4.79 Å². The minimum Gasteiger partial charge on any atom is -0.444 e. The van der Waals surface area contributed by atoms with Crippen molar-refractivity contribution in [2.24, 2.45) is 0 Å². The van der Waals surface area contributed by atoms with Crippen molar-refractivity contribution in [2.45, 2.75) is 45.3 Å². The molecule has 6 heteroatoms. The summed E-state index contributed by atoms with van der Waals surface area (Å²) in [7, 11) is 0. The molecule has 2 fully saturated rings. The van der Waals surface area contributed by atoms with Gasteiger partial charge in [-0.05, 0) is 33.6 Å². The van der Waals surface area contributed by atoms with Gasteiger partial charge in [0.15, 0.2) is 6.10 Å². The number of carbonyl (C=O) groups is 2. The van der Waals surface area contributed by atoms with Crippen molar-refractivity contribution in [1.29, 1.82) is 0 Å². The Labute approximate surface area is 120 Å². The third kappa shape index (κ3) is 3.85. The van der Waals surface area contributed by atoms with Gasteiger partial charge < -0.3 is 19.3 Å². The second kappa shape index (κ2) is 5.99. The molecular formula is C14H24N2O4. The molecule has 2 aliphatic rings. The normalized spacial score (nSPS) is 23.9. The van der Waals surface area contributed by atoms with Crippen LogP contribution in [0.3, 0.4) is 0 Å². The van der Waals surface area contributed by atoms with Crippen molar-refractivity contribution in [3.63, 3.8) is 0 Å². The standard InChI is InChI=1S/C14H24N2O4/c1-14(2,3)20-13(18)16-8-9-19-11(10-16)12(17)15-6-4-5-7-15/h11H,4-10H2,1-3H3. The fourth-order valence-electron chi connectivity index (χ4n) is 2.43. The summed E-state index contributed by atoms with van der Waals surface area (Å²) in [6, 6.07) is 0. The monoisotopic (exact) mass is 284 g/mol. The van der Waals surface area contributed by atoms with Gasteiger partial charge in [-0.2, -0.15) is 0 Å². The molecule has 0 aliphatic carbocycles. The molecule has 1 atom stereocenters. The van der Waals surface area contributed by atoms with E-state index in [1.54, 1.807) is 4.90 Å². The highest BCUT2D eigenvalue weighted by molar-refractivity contribution is 5.82. The maximum atomic E-state index is 12.3. The molecule has 2 heterocycles. The van der Waals surface area contributed by atoms with Gasteiger partial charge in [-0.15, -0.1) is 0 Å². The minimum absolute atomic E-state index is 0.00393. The largest absolute Gasteiger partial charge is 0.444 e. The molecule has 0 aromatic carbocycles. The number of amides is 2. The lowest BCUT2D eigenvalue weighted by atomic mass is 10.2. The van der Waals surface area contributed by atoms with Crippen LogP contribution in [0.15, 0.2) is 0 Å². The molecule has 6 nitrogen and oxygen atoms in total. The first-order valence-electron chi connectivity index (χ1n) is 7.25. The smallest absolute Gasteiger partial charge is 0.410 e.